The van der Waals surface area contributed by atoms with Gasteiger partial charge in [0.15, 0.2) is 5.82 Å². The monoisotopic (exact) mass is 409 g/mol. The molecule has 8 heteroatoms. The van der Waals surface area contributed by atoms with E-state index in [1.165, 1.54) is 0 Å². The number of rotatable bonds is 7. The molecule has 0 unspecified atom stereocenters. The minimum atomic E-state index is -0.311. The predicted molar refractivity (Wildman–Crippen MR) is 115 cm³/mol. The molecule has 1 fully saturated rings. The van der Waals surface area contributed by atoms with Crippen molar-refractivity contribution in [3.8, 4) is 11.3 Å². The van der Waals surface area contributed by atoms with Gasteiger partial charge in [-0.15, -0.1) is 0 Å². The number of fused-ring (bicyclic) bond motifs is 1. The minimum Gasteiger partial charge on any atom is -0.462 e. The van der Waals surface area contributed by atoms with Gasteiger partial charge >= 0.3 is 5.97 Å². The summed E-state index contributed by atoms with van der Waals surface area (Å²) >= 11 is 0. The Morgan fingerprint density at radius 2 is 1.97 bits per heavy atom. The molecule has 2 aromatic heterocycles. The number of hydrogen-bond acceptors (Lipinski definition) is 7. The molecular formula is C22H27N5O3. The van der Waals surface area contributed by atoms with Crippen LogP contribution >= 0.6 is 0 Å². The summed E-state index contributed by atoms with van der Waals surface area (Å²) in [6.07, 6.45) is 2.61. The highest BCUT2D eigenvalue weighted by atomic mass is 16.5. The largest absolute Gasteiger partial charge is 0.462 e. The topological polar surface area (TPSA) is 83.6 Å². The molecule has 3 heterocycles. The Bertz CT molecular complexity index is 996. The third-order valence-corrected chi connectivity index (χ3v) is 5.12. The maximum atomic E-state index is 11.9. The van der Waals surface area contributed by atoms with Crippen molar-refractivity contribution >= 4 is 22.8 Å². The second kappa shape index (κ2) is 9.23. The SMILES string of the molecule is CCCN(c1ncnc2[nH]c(-c3ccc(C(=O)OCC)cc3)cc12)N1CCOCC1. The molecule has 4 rings (SSSR count). The fourth-order valence-corrected chi connectivity index (χ4v) is 3.68. The Kier molecular flexibility index (Phi) is 6.25. The standard InChI is InChI=1S/C22H27N5O3/c1-3-9-27(26-10-12-29-13-11-26)21-18-14-19(25-20(18)23-15-24-21)16-5-7-17(8-6-16)22(28)30-4-2/h5-8,14-15H,3-4,9-13H2,1-2H3,(H,23,24,25). The van der Waals surface area contributed by atoms with Gasteiger partial charge < -0.3 is 14.5 Å². The molecule has 1 aliphatic rings. The molecule has 8 nitrogen and oxygen atoms in total. The number of nitrogens with zero attached hydrogens (tertiary/aromatic N) is 4. The van der Waals surface area contributed by atoms with Crippen molar-refractivity contribution in [2.45, 2.75) is 20.3 Å². The van der Waals surface area contributed by atoms with Crippen molar-refractivity contribution in [3.05, 3.63) is 42.2 Å². The normalized spacial score (nSPS) is 14.7. The summed E-state index contributed by atoms with van der Waals surface area (Å²) in [5.41, 5.74) is 3.23. The highest BCUT2D eigenvalue weighted by molar-refractivity contribution is 5.93. The van der Waals surface area contributed by atoms with E-state index in [1.54, 1.807) is 25.4 Å². The number of hydrazine groups is 1. The Morgan fingerprint density at radius 1 is 1.20 bits per heavy atom. The summed E-state index contributed by atoms with van der Waals surface area (Å²) in [5, 5.41) is 5.52. The number of aromatic nitrogens is 3. The molecule has 3 aromatic rings. The molecule has 0 spiro atoms. The molecule has 0 aliphatic carbocycles. The van der Waals surface area contributed by atoms with Gasteiger partial charge in [-0.2, -0.15) is 0 Å². The molecule has 30 heavy (non-hydrogen) atoms. The van der Waals surface area contributed by atoms with Crippen LogP contribution in [0.1, 0.15) is 30.6 Å². The highest BCUT2D eigenvalue weighted by Crippen LogP contribution is 2.30. The number of nitrogens with one attached hydrogen (secondary N) is 1. The second-order valence-electron chi connectivity index (χ2n) is 7.13. The lowest BCUT2D eigenvalue weighted by Gasteiger charge is -2.38. The summed E-state index contributed by atoms with van der Waals surface area (Å²) in [4.78, 5) is 24.3. The van der Waals surface area contributed by atoms with Crippen LogP contribution in [0.15, 0.2) is 36.7 Å². The number of benzene rings is 1. The number of aromatic amines is 1. The lowest BCUT2D eigenvalue weighted by molar-refractivity contribution is 0.0314. The van der Waals surface area contributed by atoms with Crippen LogP contribution in [0, 0.1) is 0 Å². The second-order valence-corrected chi connectivity index (χ2v) is 7.13. The van der Waals surface area contributed by atoms with Gasteiger partial charge in [-0.1, -0.05) is 19.1 Å². The van der Waals surface area contributed by atoms with Gasteiger partial charge in [-0.05, 0) is 37.1 Å². The van der Waals surface area contributed by atoms with E-state index in [0.717, 1.165) is 67.4 Å². The van der Waals surface area contributed by atoms with Crippen molar-refractivity contribution in [1.82, 2.24) is 20.0 Å². The number of ether oxygens (including phenoxy) is 2. The smallest absolute Gasteiger partial charge is 0.338 e. The van der Waals surface area contributed by atoms with Gasteiger partial charge in [0.2, 0.25) is 0 Å². The van der Waals surface area contributed by atoms with E-state index in [2.05, 4.69) is 38.0 Å². The lowest BCUT2D eigenvalue weighted by atomic mass is 10.1. The number of morpholine rings is 1. The zero-order valence-electron chi connectivity index (χ0n) is 17.4. The van der Waals surface area contributed by atoms with E-state index in [9.17, 15) is 4.79 Å². The molecule has 1 aromatic carbocycles. The van der Waals surface area contributed by atoms with Gasteiger partial charge in [0.05, 0.1) is 30.8 Å². The Morgan fingerprint density at radius 3 is 2.67 bits per heavy atom. The third-order valence-electron chi connectivity index (χ3n) is 5.12. The molecule has 0 radical (unpaired) electrons. The van der Waals surface area contributed by atoms with E-state index in [1.807, 2.05) is 12.1 Å². The number of esters is 1. The summed E-state index contributed by atoms with van der Waals surface area (Å²) in [7, 11) is 0. The molecule has 0 saturated carbocycles. The fraction of sp³-hybridized carbons (Fsp3) is 0.409. The quantitative estimate of drug-likeness (QED) is 0.600. The average Bonchev–Trinajstić information content (AvgIpc) is 3.23. The predicted octanol–water partition coefficient (Wildman–Crippen LogP) is 3.27. The first-order valence-electron chi connectivity index (χ1n) is 10.4. The van der Waals surface area contributed by atoms with E-state index in [-0.39, 0.29) is 5.97 Å². The maximum Gasteiger partial charge on any atom is 0.338 e. The molecule has 1 aliphatic heterocycles. The van der Waals surface area contributed by atoms with E-state index < -0.39 is 0 Å². The van der Waals surface area contributed by atoms with Gasteiger partial charge in [-0.3, -0.25) is 5.01 Å². The number of H-pyrrole nitrogens is 1. The number of carbonyl (C=O) groups is 1. The molecule has 1 N–H and O–H groups in total. The van der Waals surface area contributed by atoms with Crippen LogP contribution in [0.4, 0.5) is 5.82 Å². The minimum absolute atomic E-state index is 0.311. The van der Waals surface area contributed by atoms with Crippen LogP contribution in [-0.4, -0.2) is 65.4 Å². The summed E-state index contributed by atoms with van der Waals surface area (Å²) < 4.78 is 10.6. The summed E-state index contributed by atoms with van der Waals surface area (Å²) in [5.74, 6) is 0.587. The van der Waals surface area contributed by atoms with Crippen molar-refractivity contribution in [1.29, 1.82) is 0 Å². The van der Waals surface area contributed by atoms with Crippen molar-refractivity contribution < 1.29 is 14.3 Å². The van der Waals surface area contributed by atoms with Crippen molar-refractivity contribution in [2.24, 2.45) is 0 Å². The molecular weight excluding hydrogens is 382 g/mol. The van der Waals surface area contributed by atoms with Crippen LogP contribution in [0.5, 0.6) is 0 Å². The Hall–Kier alpha value is -2.97. The first-order valence-corrected chi connectivity index (χ1v) is 10.4. The van der Waals surface area contributed by atoms with Gasteiger partial charge in [0.1, 0.15) is 12.0 Å². The van der Waals surface area contributed by atoms with Crippen LogP contribution in [-0.2, 0) is 9.47 Å². The molecule has 0 atom stereocenters. The fourth-order valence-electron chi connectivity index (χ4n) is 3.68. The summed E-state index contributed by atoms with van der Waals surface area (Å²) in [6.45, 7) is 8.34. The van der Waals surface area contributed by atoms with E-state index >= 15 is 0 Å². The number of anilines is 1. The summed E-state index contributed by atoms with van der Waals surface area (Å²) in [6, 6.07) is 9.46. The molecule has 0 bridgehead atoms. The third kappa shape index (κ3) is 4.15. The van der Waals surface area contributed by atoms with E-state index in [4.69, 9.17) is 9.47 Å². The first-order chi connectivity index (χ1) is 14.7. The van der Waals surface area contributed by atoms with Gasteiger partial charge in [0, 0.05) is 25.3 Å². The Balaban J connectivity index is 1.67. The van der Waals surface area contributed by atoms with Gasteiger partial charge in [-0.25, -0.2) is 19.8 Å². The van der Waals surface area contributed by atoms with Crippen molar-refractivity contribution in [3.63, 3.8) is 0 Å². The van der Waals surface area contributed by atoms with Crippen LogP contribution < -0.4 is 5.01 Å². The maximum absolute atomic E-state index is 11.9. The average molecular weight is 409 g/mol. The number of carbonyl (C=O) groups excluding carboxylic acids is 1. The van der Waals surface area contributed by atoms with Crippen LogP contribution in [0.2, 0.25) is 0 Å². The van der Waals surface area contributed by atoms with E-state index in [0.29, 0.717) is 12.2 Å². The first kappa shape index (κ1) is 20.3. The van der Waals surface area contributed by atoms with Gasteiger partial charge in [0.25, 0.3) is 0 Å². The zero-order valence-corrected chi connectivity index (χ0v) is 17.4. The van der Waals surface area contributed by atoms with Crippen LogP contribution in [0.25, 0.3) is 22.3 Å². The lowest BCUT2D eigenvalue weighted by Crippen LogP contribution is -2.49. The zero-order chi connectivity index (χ0) is 20.9. The number of hydrogen-bond donors (Lipinski definition) is 1. The molecule has 1 saturated heterocycles. The van der Waals surface area contributed by atoms with Crippen LogP contribution in [0.3, 0.4) is 0 Å². The molecule has 0 amide bonds. The molecule has 158 valence electrons. The Labute approximate surface area is 175 Å². The van der Waals surface area contributed by atoms with Crippen molar-refractivity contribution in [2.75, 3.05) is 44.5 Å². The highest BCUT2D eigenvalue weighted by Gasteiger charge is 2.22.